The minimum absolute atomic E-state index is 0.699. The molecule has 0 N–H and O–H groups in total. The fourth-order valence-corrected chi connectivity index (χ4v) is 8.14. The second-order valence-corrected chi connectivity index (χ2v) is 14.2. The highest BCUT2D eigenvalue weighted by molar-refractivity contribution is 6.16. The van der Waals surface area contributed by atoms with Gasteiger partial charge in [0, 0.05) is 43.9 Å². The minimum Gasteiger partial charge on any atom is -0.456 e. The number of para-hydroxylation sites is 1. The van der Waals surface area contributed by atoms with Crippen LogP contribution < -0.4 is 0 Å². The molecule has 0 aliphatic carbocycles. The molecular formula is C52H33N3O. The van der Waals surface area contributed by atoms with E-state index in [0.717, 1.165) is 72.3 Å². The van der Waals surface area contributed by atoms with E-state index < -0.39 is 0 Å². The van der Waals surface area contributed by atoms with E-state index in [-0.39, 0.29) is 0 Å². The molecule has 0 amide bonds. The largest absolute Gasteiger partial charge is 0.456 e. The maximum absolute atomic E-state index is 6.35. The summed E-state index contributed by atoms with van der Waals surface area (Å²) in [4.78, 5) is 10.1. The van der Waals surface area contributed by atoms with Crippen molar-refractivity contribution < 1.29 is 4.42 Å². The van der Waals surface area contributed by atoms with Crippen LogP contribution in [-0.2, 0) is 0 Å². The van der Waals surface area contributed by atoms with Crippen molar-refractivity contribution in [2.24, 2.45) is 0 Å². The van der Waals surface area contributed by atoms with Crippen LogP contribution in [0.3, 0.4) is 0 Å². The molecule has 0 unspecified atom stereocenters. The molecule has 4 nitrogen and oxygen atoms in total. The van der Waals surface area contributed by atoms with Gasteiger partial charge in [0.2, 0.25) is 0 Å². The van der Waals surface area contributed by atoms with Crippen LogP contribution >= 0.6 is 0 Å². The van der Waals surface area contributed by atoms with E-state index in [1.54, 1.807) is 0 Å². The number of hydrogen-bond donors (Lipinski definition) is 0. The third kappa shape index (κ3) is 5.39. The Balaban J connectivity index is 1.03. The molecule has 0 saturated carbocycles. The van der Waals surface area contributed by atoms with Gasteiger partial charge >= 0.3 is 0 Å². The molecule has 3 aromatic heterocycles. The van der Waals surface area contributed by atoms with Crippen LogP contribution in [0.25, 0.3) is 106 Å². The Morgan fingerprint density at radius 3 is 1.61 bits per heavy atom. The van der Waals surface area contributed by atoms with Crippen LogP contribution in [0.2, 0.25) is 0 Å². The van der Waals surface area contributed by atoms with Crippen LogP contribution in [0.1, 0.15) is 0 Å². The SMILES string of the molecule is c1ccc(-c2ccc3oc4ccc(-n5c6ccccc6c6c(-c7ccc(-c8nc(-c9ccccc9)cc(-c9ccccc9)n8)cc7)cccc65)cc4c3c2)cc1. The van der Waals surface area contributed by atoms with Gasteiger partial charge in [0.05, 0.1) is 22.4 Å². The standard InChI is InChI=1S/C52H33N3O/c1-4-13-34(14-5-1)39-27-29-49-43(31-39)44-32-40(28-30-50(44)56-49)55-47-21-11-10-19-42(47)51-41(20-12-22-48(51)55)35-23-25-38(26-24-35)52-53-45(36-15-6-2-7-16-36)33-46(54-52)37-17-8-3-9-18-37/h1-33H. The molecule has 3 heterocycles. The Hall–Kier alpha value is -7.56. The summed E-state index contributed by atoms with van der Waals surface area (Å²) >= 11 is 0. The first-order valence-electron chi connectivity index (χ1n) is 18.9. The first-order valence-corrected chi connectivity index (χ1v) is 18.9. The number of rotatable bonds is 6. The second kappa shape index (κ2) is 13.1. The summed E-state index contributed by atoms with van der Waals surface area (Å²) in [6.07, 6.45) is 0. The van der Waals surface area contributed by atoms with Crippen LogP contribution in [-0.4, -0.2) is 14.5 Å². The molecule has 0 spiro atoms. The van der Waals surface area contributed by atoms with Crippen molar-refractivity contribution in [3.05, 3.63) is 200 Å². The highest BCUT2D eigenvalue weighted by Crippen LogP contribution is 2.41. The number of furan rings is 1. The van der Waals surface area contributed by atoms with E-state index in [4.69, 9.17) is 14.4 Å². The summed E-state index contributed by atoms with van der Waals surface area (Å²) in [5.41, 5.74) is 14.7. The fourth-order valence-electron chi connectivity index (χ4n) is 8.14. The smallest absolute Gasteiger partial charge is 0.160 e. The topological polar surface area (TPSA) is 43.9 Å². The van der Waals surface area contributed by atoms with Crippen LogP contribution in [0.15, 0.2) is 205 Å². The Kier molecular flexibility index (Phi) is 7.46. The molecule has 0 aliphatic heterocycles. The van der Waals surface area contributed by atoms with Gasteiger partial charge in [-0.1, -0.05) is 152 Å². The van der Waals surface area contributed by atoms with Crippen molar-refractivity contribution in [3.8, 4) is 61.8 Å². The van der Waals surface area contributed by atoms with E-state index in [1.165, 1.54) is 27.5 Å². The maximum Gasteiger partial charge on any atom is 0.160 e. The lowest BCUT2D eigenvalue weighted by Gasteiger charge is -2.11. The van der Waals surface area contributed by atoms with Crippen molar-refractivity contribution in [2.45, 2.75) is 0 Å². The fraction of sp³-hybridized carbons (Fsp3) is 0. The van der Waals surface area contributed by atoms with Crippen molar-refractivity contribution in [2.75, 3.05) is 0 Å². The van der Waals surface area contributed by atoms with E-state index in [9.17, 15) is 0 Å². The van der Waals surface area contributed by atoms with Crippen molar-refractivity contribution in [1.29, 1.82) is 0 Å². The normalized spacial score (nSPS) is 11.6. The highest BCUT2D eigenvalue weighted by atomic mass is 16.3. The molecule has 0 aliphatic rings. The monoisotopic (exact) mass is 715 g/mol. The van der Waals surface area contributed by atoms with Gasteiger partial charge in [-0.3, -0.25) is 0 Å². The molecule has 4 heteroatoms. The van der Waals surface area contributed by atoms with Crippen molar-refractivity contribution in [1.82, 2.24) is 14.5 Å². The molecule has 262 valence electrons. The highest BCUT2D eigenvalue weighted by Gasteiger charge is 2.18. The molecule has 0 radical (unpaired) electrons. The number of nitrogens with zero attached hydrogens (tertiary/aromatic N) is 3. The van der Waals surface area contributed by atoms with E-state index in [1.807, 2.05) is 36.4 Å². The quantitative estimate of drug-likeness (QED) is 0.172. The summed E-state index contributed by atoms with van der Waals surface area (Å²) in [6.45, 7) is 0. The third-order valence-electron chi connectivity index (χ3n) is 10.8. The second-order valence-electron chi connectivity index (χ2n) is 14.2. The lowest BCUT2D eigenvalue weighted by molar-refractivity contribution is 0.669. The summed E-state index contributed by atoms with van der Waals surface area (Å²) in [5.74, 6) is 0.699. The predicted octanol–water partition coefficient (Wildman–Crippen LogP) is 13.8. The zero-order valence-corrected chi connectivity index (χ0v) is 30.3. The first kappa shape index (κ1) is 31.9. The Morgan fingerprint density at radius 1 is 0.357 bits per heavy atom. The molecule has 0 fully saturated rings. The first-order chi connectivity index (χ1) is 27.7. The Bertz CT molecular complexity index is 3160. The summed E-state index contributed by atoms with van der Waals surface area (Å²) < 4.78 is 8.73. The lowest BCUT2D eigenvalue weighted by Crippen LogP contribution is -1.96. The minimum atomic E-state index is 0.699. The zero-order chi connectivity index (χ0) is 37.0. The van der Waals surface area contributed by atoms with E-state index >= 15 is 0 Å². The average molecular weight is 716 g/mol. The molecule has 0 bridgehead atoms. The van der Waals surface area contributed by atoms with Gasteiger partial charge in [0.25, 0.3) is 0 Å². The summed E-state index contributed by atoms with van der Waals surface area (Å²) in [5, 5.41) is 4.63. The molecule has 11 aromatic rings. The summed E-state index contributed by atoms with van der Waals surface area (Å²) in [7, 11) is 0. The van der Waals surface area contributed by atoms with E-state index in [2.05, 4.69) is 168 Å². The molecule has 0 atom stereocenters. The van der Waals surface area contributed by atoms with Crippen LogP contribution in [0.5, 0.6) is 0 Å². The van der Waals surface area contributed by atoms with Gasteiger partial charge in [0.15, 0.2) is 5.82 Å². The number of fused-ring (bicyclic) bond motifs is 6. The number of hydrogen-bond acceptors (Lipinski definition) is 3. The summed E-state index contributed by atoms with van der Waals surface area (Å²) in [6, 6.07) is 70.3. The number of aromatic nitrogens is 3. The number of benzene rings is 8. The molecule has 56 heavy (non-hydrogen) atoms. The van der Waals surface area contributed by atoms with Gasteiger partial charge in [-0.2, -0.15) is 0 Å². The molecule has 8 aromatic carbocycles. The van der Waals surface area contributed by atoms with Gasteiger partial charge in [-0.05, 0) is 70.8 Å². The zero-order valence-electron chi connectivity index (χ0n) is 30.3. The van der Waals surface area contributed by atoms with Gasteiger partial charge in [0.1, 0.15) is 11.2 Å². The lowest BCUT2D eigenvalue weighted by atomic mass is 9.98. The predicted molar refractivity (Wildman–Crippen MR) is 231 cm³/mol. The van der Waals surface area contributed by atoms with Gasteiger partial charge < -0.3 is 8.98 Å². The molecule has 11 rings (SSSR count). The molecule has 0 saturated heterocycles. The average Bonchev–Trinajstić information content (AvgIpc) is 3.82. The van der Waals surface area contributed by atoms with Crippen molar-refractivity contribution in [3.63, 3.8) is 0 Å². The Labute approximate surface area is 323 Å². The third-order valence-corrected chi connectivity index (χ3v) is 10.8. The van der Waals surface area contributed by atoms with E-state index in [0.29, 0.717) is 5.82 Å². The van der Waals surface area contributed by atoms with Gasteiger partial charge in [-0.25, -0.2) is 9.97 Å². The van der Waals surface area contributed by atoms with Crippen LogP contribution in [0, 0.1) is 0 Å². The molecular weight excluding hydrogens is 683 g/mol. The van der Waals surface area contributed by atoms with Crippen molar-refractivity contribution >= 4 is 43.7 Å². The maximum atomic E-state index is 6.35. The van der Waals surface area contributed by atoms with Crippen LogP contribution in [0.4, 0.5) is 0 Å². The Morgan fingerprint density at radius 2 is 0.911 bits per heavy atom. The van der Waals surface area contributed by atoms with Gasteiger partial charge in [-0.15, -0.1) is 0 Å².